The van der Waals surface area contributed by atoms with Crippen LogP contribution in [-0.2, 0) is 0 Å². The summed E-state index contributed by atoms with van der Waals surface area (Å²) in [6.07, 6.45) is 0. The molecule has 12 aromatic rings. The molecule has 0 saturated carbocycles. The number of nitrogens with zero attached hydrogens (tertiary/aromatic N) is 2. The zero-order valence-electron chi connectivity index (χ0n) is 36.3. The Balaban J connectivity index is 0.963. The molecule has 0 N–H and O–H groups in total. The summed E-state index contributed by atoms with van der Waals surface area (Å²) in [5, 5.41) is 5.02. The maximum Gasteiger partial charge on any atom is 0.0541 e. The van der Waals surface area contributed by atoms with Gasteiger partial charge in [-0.3, -0.25) is 0 Å². The standard InChI is InChI=1S/C64H44N2/c1-2-17-47(18-3-1)55-22-6-7-23-56(55)57-24-8-9-25-58(57)59-26-10-13-30-62(59)65(51-43-37-49(38-44-51)54-29-16-20-48-19-4-5-21-53(48)54)50-39-33-45(34-40-50)46-35-41-52(42-36-46)66-63-31-14-11-27-60(63)61-28-12-15-32-64(61)66/h1-44H. The first kappa shape index (κ1) is 38.9. The Morgan fingerprint density at radius 2 is 0.652 bits per heavy atom. The van der Waals surface area contributed by atoms with Crippen molar-refractivity contribution >= 4 is 49.6 Å². The molecule has 0 aliphatic heterocycles. The predicted molar refractivity (Wildman–Crippen MR) is 280 cm³/mol. The molecule has 0 spiro atoms. The second-order valence-corrected chi connectivity index (χ2v) is 16.8. The molecule has 0 aliphatic carbocycles. The van der Waals surface area contributed by atoms with Crippen molar-refractivity contribution in [3.8, 4) is 61.3 Å². The first-order chi connectivity index (χ1) is 32.8. The highest BCUT2D eigenvalue weighted by Gasteiger charge is 2.21. The number of para-hydroxylation sites is 3. The maximum absolute atomic E-state index is 2.41. The lowest BCUT2D eigenvalue weighted by molar-refractivity contribution is 1.18. The van der Waals surface area contributed by atoms with E-state index in [1.54, 1.807) is 0 Å². The van der Waals surface area contributed by atoms with Gasteiger partial charge in [-0.2, -0.15) is 0 Å². The molecule has 12 rings (SSSR count). The highest BCUT2D eigenvalue weighted by Crippen LogP contribution is 2.46. The SMILES string of the molecule is c1ccc(-c2ccccc2-c2ccccc2-c2ccccc2N(c2ccc(-c3ccc(-n4c5ccccc5c5ccccc54)cc3)cc2)c2ccc(-c3cccc4ccccc34)cc2)cc1. The van der Waals surface area contributed by atoms with Gasteiger partial charge in [-0.15, -0.1) is 0 Å². The number of fused-ring (bicyclic) bond motifs is 4. The van der Waals surface area contributed by atoms with E-state index in [1.807, 2.05) is 0 Å². The fraction of sp³-hybridized carbons (Fsp3) is 0. The van der Waals surface area contributed by atoms with Crippen molar-refractivity contribution in [3.63, 3.8) is 0 Å². The molecule has 0 unspecified atom stereocenters. The van der Waals surface area contributed by atoms with Crippen LogP contribution in [0.4, 0.5) is 17.1 Å². The molecular weight excluding hydrogens is 797 g/mol. The molecule has 0 radical (unpaired) electrons. The molecule has 0 bridgehead atoms. The van der Waals surface area contributed by atoms with Gasteiger partial charge in [0.2, 0.25) is 0 Å². The minimum Gasteiger partial charge on any atom is -0.310 e. The Kier molecular flexibility index (Phi) is 9.89. The van der Waals surface area contributed by atoms with E-state index in [4.69, 9.17) is 0 Å². The van der Waals surface area contributed by atoms with Gasteiger partial charge in [0.1, 0.15) is 0 Å². The van der Waals surface area contributed by atoms with E-state index in [9.17, 15) is 0 Å². The fourth-order valence-corrected chi connectivity index (χ4v) is 9.94. The van der Waals surface area contributed by atoms with Crippen LogP contribution in [0.3, 0.4) is 0 Å². The molecule has 0 fully saturated rings. The minimum atomic E-state index is 1.08. The van der Waals surface area contributed by atoms with Crippen molar-refractivity contribution in [3.05, 3.63) is 267 Å². The van der Waals surface area contributed by atoms with Gasteiger partial charge in [0, 0.05) is 33.4 Å². The van der Waals surface area contributed by atoms with Crippen LogP contribution in [0.2, 0.25) is 0 Å². The van der Waals surface area contributed by atoms with Crippen molar-refractivity contribution in [2.45, 2.75) is 0 Å². The first-order valence-electron chi connectivity index (χ1n) is 22.7. The summed E-state index contributed by atoms with van der Waals surface area (Å²) in [6, 6.07) is 96.8. The number of rotatable bonds is 9. The third-order valence-corrected chi connectivity index (χ3v) is 13.1. The summed E-state index contributed by atoms with van der Waals surface area (Å²) in [7, 11) is 0. The number of hydrogen-bond donors (Lipinski definition) is 0. The normalized spacial score (nSPS) is 11.3. The van der Waals surface area contributed by atoms with E-state index < -0.39 is 0 Å². The molecule has 2 heteroatoms. The number of hydrogen-bond acceptors (Lipinski definition) is 1. The zero-order chi connectivity index (χ0) is 43.8. The first-order valence-corrected chi connectivity index (χ1v) is 22.7. The van der Waals surface area contributed by atoms with Crippen molar-refractivity contribution in [1.29, 1.82) is 0 Å². The molecule has 1 aromatic heterocycles. The largest absolute Gasteiger partial charge is 0.310 e. The van der Waals surface area contributed by atoms with Gasteiger partial charge in [-0.25, -0.2) is 0 Å². The number of aromatic nitrogens is 1. The average Bonchev–Trinajstić information content (AvgIpc) is 3.74. The molecule has 2 nitrogen and oxygen atoms in total. The van der Waals surface area contributed by atoms with Crippen molar-refractivity contribution in [2.75, 3.05) is 4.90 Å². The summed E-state index contributed by atoms with van der Waals surface area (Å²) in [5.41, 5.74) is 18.7. The van der Waals surface area contributed by atoms with Gasteiger partial charge in [-0.1, -0.05) is 212 Å². The van der Waals surface area contributed by atoms with Crippen LogP contribution < -0.4 is 4.90 Å². The van der Waals surface area contributed by atoms with Crippen LogP contribution in [0.15, 0.2) is 267 Å². The van der Waals surface area contributed by atoms with E-state index in [0.717, 1.165) is 33.9 Å². The Morgan fingerprint density at radius 3 is 1.29 bits per heavy atom. The summed E-state index contributed by atoms with van der Waals surface area (Å²) in [4.78, 5) is 2.41. The van der Waals surface area contributed by atoms with Gasteiger partial charge >= 0.3 is 0 Å². The van der Waals surface area contributed by atoms with Crippen LogP contribution in [0.1, 0.15) is 0 Å². The highest BCUT2D eigenvalue weighted by molar-refractivity contribution is 6.09. The highest BCUT2D eigenvalue weighted by atomic mass is 15.1. The molecule has 1 heterocycles. The predicted octanol–water partition coefficient (Wildman–Crippen LogP) is 17.7. The van der Waals surface area contributed by atoms with Gasteiger partial charge < -0.3 is 9.47 Å². The van der Waals surface area contributed by atoms with Crippen molar-refractivity contribution in [1.82, 2.24) is 4.57 Å². The Morgan fingerprint density at radius 1 is 0.242 bits per heavy atom. The molecule has 310 valence electrons. The average molecular weight is 841 g/mol. The Hall–Kier alpha value is -8.72. The number of anilines is 3. The lowest BCUT2D eigenvalue weighted by Crippen LogP contribution is -2.11. The third-order valence-electron chi connectivity index (χ3n) is 13.1. The fourth-order valence-electron chi connectivity index (χ4n) is 9.94. The van der Waals surface area contributed by atoms with Crippen LogP contribution >= 0.6 is 0 Å². The second kappa shape index (κ2) is 16.8. The van der Waals surface area contributed by atoms with Crippen molar-refractivity contribution in [2.24, 2.45) is 0 Å². The Labute approximate surface area is 385 Å². The smallest absolute Gasteiger partial charge is 0.0541 e. The van der Waals surface area contributed by atoms with E-state index >= 15 is 0 Å². The third kappa shape index (κ3) is 6.93. The molecule has 0 atom stereocenters. The Bertz CT molecular complexity index is 3620. The van der Waals surface area contributed by atoms with Gasteiger partial charge in [0.25, 0.3) is 0 Å². The molecule has 0 saturated heterocycles. The quantitative estimate of drug-likeness (QED) is 0.141. The molecular formula is C64H44N2. The monoisotopic (exact) mass is 840 g/mol. The van der Waals surface area contributed by atoms with Crippen LogP contribution in [0.25, 0.3) is 93.9 Å². The van der Waals surface area contributed by atoms with Crippen LogP contribution in [0, 0.1) is 0 Å². The van der Waals surface area contributed by atoms with E-state index in [1.165, 1.54) is 77.1 Å². The molecule has 11 aromatic carbocycles. The van der Waals surface area contributed by atoms with Gasteiger partial charge in [0.15, 0.2) is 0 Å². The summed E-state index contributed by atoms with van der Waals surface area (Å²) in [6.45, 7) is 0. The van der Waals surface area contributed by atoms with E-state index in [2.05, 4.69) is 276 Å². The van der Waals surface area contributed by atoms with E-state index in [0.29, 0.717) is 0 Å². The lowest BCUT2D eigenvalue weighted by Gasteiger charge is -2.29. The summed E-state index contributed by atoms with van der Waals surface area (Å²) in [5.74, 6) is 0. The van der Waals surface area contributed by atoms with Gasteiger partial charge in [0.05, 0.1) is 16.7 Å². The summed E-state index contributed by atoms with van der Waals surface area (Å²) >= 11 is 0. The van der Waals surface area contributed by atoms with E-state index in [-0.39, 0.29) is 0 Å². The summed E-state index contributed by atoms with van der Waals surface area (Å²) < 4.78 is 2.37. The number of benzene rings is 11. The molecule has 0 amide bonds. The minimum absolute atomic E-state index is 1.08. The lowest BCUT2D eigenvalue weighted by atomic mass is 9.88. The zero-order valence-corrected chi connectivity index (χ0v) is 36.3. The van der Waals surface area contributed by atoms with Crippen LogP contribution in [0.5, 0.6) is 0 Å². The van der Waals surface area contributed by atoms with Crippen molar-refractivity contribution < 1.29 is 0 Å². The second-order valence-electron chi connectivity index (χ2n) is 16.8. The molecule has 66 heavy (non-hydrogen) atoms. The maximum atomic E-state index is 2.41. The van der Waals surface area contributed by atoms with Crippen LogP contribution in [-0.4, -0.2) is 4.57 Å². The molecule has 0 aliphatic rings. The van der Waals surface area contributed by atoms with Gasteiger partial charge in [-0.05, 0) is 115 Å². The topological polar surface area (TPSA) is 8.17 Å².